The molecule has 5 nitrogen and oxygen atoms in total. The number of thiophene rings is 1. The number of amides is 3. The summed E-state index contributed by atoms with van der Waals surface area (Å²) in [6, 6.07) is 2.05. The van der Waals surface area contributed by atoms with Gasteiger partial charge in [-0.3, -0.25) is 4.79 Å². The van der Waals surface area contributed by atoms with Crippen molar-refractivity contribution in [3.05, 3.63) is 22.4 Å². The smallest absolute Gasteiger partial charge is 0.317 e. The highest BCUT2D eigenvalue weighted by atomic mass is 32.1. The molecule has 2 atom stereocenters. The monoisotopic (exact) mass is 309 g/mol. The molecule has 0 aliphatic carbocycles. The van der Waals surface area contributed by atoms with Gasteiger partial charge >= 0.3 is 6.03 Å². The molecule has 1 aliphatic heterocycles. The number of primary amides is 1. The predicted octanol–water partition coefficient (Wildman–Crippen LogP) is 2.15. The molecule has 21 heavy (non-hydrogen) atoms. The van der Waals surface area contributed by atoms with Gasteiger partial charge in [-0.25, -0.2) is 4.79 Å². The van der Waals surface area contributed by atoms with E-state index >= 15 is 0 Å². The van der Waals surface area contributed by atoms with Crippen LogP contribution >= 0.6 is 11.3 Å². The van der Waals surface area contributed by atoms with Crippen molar-refractivity contribution in [1.82, 2.24) is 10.2 Å². The number of piperidine rings is 1. The zero-order chi connectivity index (χ0) is 15.2. The van der Waals surface area contributed by atoms with Crippen molar-refractivity contribution in [2.75, 3.05) is 19.6 Å². The van der Waals surface area contributed by atoms with Gasteiger partial charge in [0.15, 0.2) is 0 Å². The van der Waals surface area contributed by atoms with Gasteiger partial charge in [-0.1, -0.05) is 6.92 Å². The van der Waals surface area contributed by atoms with Gasteiger partial charge in [0.2, 0.25) is 5.91 Å². The van der Waals surface area contributed by atoms with Gasteiger partial charge in [-0.05, 0) is 47.1 Å². The lowest BCUT2D eigenvalue weighted by atomic mass is 9.95. The summed E-state index contributed by atoms with van der Waals surface area (Å²) in [7, 11) is 0. The lowest BCUT2D eigenvalue weighted by Gasteiger charge is -2.32. The zero-order valence-electron chi connectivity index (χ0n) is 12.4. The average molecular weight is 309 g/mol. The molecule has 2 heterocycles. The molecular weight excluding hydrogens is 286 g/mol. The molecule has 0 radical (unpaired) electrons. The number of carbonyl (C=O) groups is 2. The molecular formula is C15H23N3O2S. The molecule has 0 aromatic carbocycles. The maximum absolute atomic E-state index is 12.2. The summed E-state index contributed by atoms with van der Waals surface area (Å²) in [5.41, 5.74) is 6.50. The van der Waals surface area contributed by atoms with Gasteiger partial charge in [0.1, 0.15) is 0 Å². The third kappa shape index (κ3) is 4.74. The Kier molecular flexibility index (Phi) is 5.61. The Morgan fingerprint density at radius 1 is 1.57 bits per heavy atom. The van der Waals surface area contributed by atoms with E-state index in [0.29, 0.717) is 25.4 Å². The van der Waals surface area contributed by atoms with Gasteiger partial charge in [-0.15, -0.1) is 0 Å². The van der Waals surface area contributed by atoms with Crippen molar-refractivity contribution in [3.63, 3.8) is 0 Å². The van der Waals surface area contributed by atoms with Gasteiger partial charge in [0.05, 0.1) is 0 Å². The van der Waals surface area contributed by atoms with Crippen LogP contribution in [-0.2, 0) is 4.79 Å². The predicted molar refractivity (Wildman–Crippen MR) is 84.2 cm³/mol. The van der Waals surface area contributed by atoms with E-state index in [-0.39, 0.29) is 17.9 Å². The highest BCUT2D eigenvalue weighted by Gasteiger charge is 2.24. The molecule has 1 saturated heterocycles. The Bertz CT molecular complexity index is 475. The summed E-state index contributed by atoms with van der Waals surface area (Å²) in [5.74, 6) is 0.232. The fourth-order valence-corrected chi connectivity index (χ4v) is 3.51. The second kappa shape index (κ2) is 7.45. The lowest BCUT2D eigenvalue weighted by molar-refractivity contribution is -0.119. The van der Waals surface area contributed by atoms with Crippen molar-refractivity contribution < 1.29 is 9.59 Å². The normalized spacial score (nSPS) is 20.0. The summed E-state index contributed by atoms with van der Waals surface area (Å²) in [4.78, 5) is 25.0. The van der Waals surface area contributed by atoms with Gasteiger partial charge < -0.3 is 16.0 Å². The Labute approximate surface area is 129 Å². The maximum atomic E-state index is 12.2. The van der Waals surface area contributed by atoms with Crippen LogP contribution in [0, 0.1) is 5.92 Å². The maximum Gasteiger partial charge on any atom is 0.317 e. The fourth-order valence-electron chi connectivity index (χ4n) is 2.73. The Balaban J connectivity index is 1.78. The number of nitrogens with zero attached hydrogens (tertiary/aromatic N) is 1. The second-order valence-electron chi connectivity index (χ2n) is 5.77. The average Bonchev–Trinajstić information content (AvgIpc) is 2.98. The Morgan fingerprint density at radius 2 is 2.38 bits per heavy atom. The number of likely N-dealkylation sites (tertiary alicyclic amines) is 1. The van der Waals surface area contributed by atoms with Crippen LogP contribution in [-0.4, -0.2) is 36.5 Å². The first-order valence-electron chi connectivity index (χ1n) is 7.39. The SMILES string of the molecule is C[C@H](CNC(=O)N1CCC[C@@H](CC(N)=O)C1)c1ccsc1. The third-order valence-corrected chi connectivity index (χ3v) is 4.67. The first-order chi connectivity index (χ1) is 10.1. The lowest BCUT2D eigenvalue weighted by Crippen LogP contribution is -2.46. The Morgan fingerprint density at radius 3 is 3.05 bits per heavy atom. The molecule has 6 heteroatoms. The topological polar surface area (TPSA) is 75.4 Å². The number of carbonyl (C=O) groups excluding carboxylic acids is 2. The summed E-state index contributed by atoms with van der Waals surface area (Å²) in [5, 5.41) is 7.15. The van der Waals surface area contributed by atoms with Crippen LogP contribution in [0.25, 0.3) is 0 Å². The molecule has 1 aliphatic rings. The van der Waals surface area contributed by atoms with E-state index in [1.54, 1.807) is 16.2 Å². The van der Waals surface area contributed by atoms with Crippen LogP contribution in [0.1, 0.15) is 37.7 Å². The number of hydrogen-bond donors (Lipinski definition) is 2. The quantitative estimate of drug-likeness (QED) is 0.874. The summed E-state index contributed by atoms with van der Waals surface area (Å²) >= 11 is 1.67. The Hall–Kier alpha value is -1.56. The zero-order valence-corrected chi connectivity index (χ0v) is 13.2. The number of nitrogens with two attached hydrogens (primary N) is 1. The number of urea groups is 1. The molecule has 1 aromatic heterocycles. The minimum atomic E-state index is -0.284. The molecule has 116 valence electrons. The van der Waals surface area contributed by atoms with Gasteiger partial charge in [0, 0.05) is 26.1 Å². The van der Waals surface area contributed by atoms with Crippen molar-refractivity contribution in [3.8, 4) is 0 Å². The minimum Gasteiger partial charge on any atom is -0.370 e. The van der Waals surface area contributed by atoms with E-state index in [1.807, 2.05) is 5.38 Å². The molecule has 0 bridgehead atoms. The molecule has 3 amide bonds. The van der Waals surface area contributed by atoms with Crippen molar-refractivity contribution in [1.29, 1.82) is 0 Å². The van der Waals surface area contributed by atoms with E-state index in [9.17, 15) is 9.59 Å². The standard InChI is InChI=1S/C15H23N3O2S/c1-11(13-4-6-21-10-13)8-17-15(20)18-5-2-3-12(9-18)7-14(16)19/h4,6,10-12H,2-3,5,7-9H2,1H3,(H2,16,19)(H,17,20)/t11-,12+/m1/s1. The van der Waals surface area contributed by atoms with Crippen LogP contribution in [0.4, 0.5) is 4.79 Å². The molecule has 1 fully saturated rings. The first kappa shape index (κ1) is 15.8. The van der Waals surface area contributed by atoms with Gasteiger partial charge in [-0.2, -0.15) is 11.3 Å². The highest BCUT2D eigenvalue weighted by Crippen LogP contribution is 2.20. The summed E-state index contributed by atoms with van der Waals surface area (Å²) in [6.45, 7) is 4.12. The van der Waals surface area contributed by atoms with Crippen LogP contribution in [0.15, 0.2) is 16.8 Å². The van der Waals surface area contributed by atoms with Crippen molar-refractivity contribution >= 4 is 23.3 Å². The van der Waals surface area contributed by atoms with Crippen molar-refractivity contribution in [2.45, 2.75) is 32.1 Å². The van der Waals surface area contributed by atoms with Crippen LogP contribution < -0.4 is 11.1 Å². The minimum absolute atomic E-state index is 0.0359. The molecule has 0 saturated carbocycles. The number of hydrogen-bond acceptors (Lipinski definition) is 3. The summed E-state index contributed by atoms with van der Waals surface area (Å²) < 4.78 is 0. The van der Waals surface area contributed by atoms with Crippen LogP contribution in [0.2, 0.25) is 0 Å². The van der Waals surface area contributed by atoms with Crippen molar-refractivity contribution in [2.24, 2.45) is 11.7 Å². The van der Waals surface area contributed by atoms with E-state index in [2.05, 4.69) is 23.7 Å². The van der Waals surface area contributed by atoms with E-state index < -0.39 is 0 Å². The molecule has 3 N–H and O–H groups in total. The van der Waals surface area contributed by atoms with Gasteiger partial charge in [0.25, 0.3) is 0 Å². The third-order valence-electron chi connectivity index (χ3n) is 3.97. The molecule has 0 spiro atoms. The van der Waals surface area contributed by atoms with Crippen LogP contribution in [0.3, 0.4) is 0 Å². The molecule has 0 unspecified atom stereocenters. The van der Waals surface area contributed by atoms with E-state index in [4.69, 9.17) is 5.73 Å². The first-order valence-corrected chi connectivity index (χ1v) is 8.33. The number of nitrogens with one attached hydrogen (secondary N) is 1. The van der Waals surface area contributed by atoms with E-state index in [0.717, 1.165) is 19.4 Å². The fraction of sp³-hybridized carbons (Fsp3) is 0.600. The number of rotatable bonds is 5. The molecule has 1 aromatic rings. The molecule has 2 rings (SSSR count). The van der Waals surface area contributed by atoms with E-state index in [1.165, 1.54) is 5.56 Å². The highest BCUT2D eigenvalue weighted by molar-refractivity contribution is 7.07. The van der Waals surface area contributed by atoms with Crippen LogP contribution in [0.5, 0.6) is 0 Å². The summed E-state index contributed by atoms with van der Waals surface area (Å²) in [6.07, 6.45) is 2.28. The largest absolute Gasteiger partial charge is 0.370 e. The second-order valence-corrected chi connectivity index (χ2v) is 6.55.